The first kappa shape index (κ1) is 9.00. The molecule has 0 aliphatic carbocycles. The van der Waals surface area contributed by atoms with Crippen molar-refractivity contribution in [1.29, 1.82) is 0 Å². The molecule has 0 N–H and O–H groups in total. The van der Waals surface area contributed by atoms with Crippen molar-refractivity contribution in [2.24, 2.45) is 0 Å². The molecule has 0 amide bonds. The molecule has 4 heteroatoms. The summed E-state index contributed by atoms with van der Waals surface area (Å²) < 4.78 is 5.63. The Morgan fingerprint density at radius 3 is 2.55 bits per heavy atom. The fourth-order valence-electron chi connectivity index (χ4n) is 0.814. The minimum Gasteiger partial charge on any atom is -0.421 e. The summed E-state index contributed by atoms with van der Waals surface area (Å²) in [6, 6.07) is 0. The third-order valence-corrected chi connectivity index (χ3v) is 2.67. The van der Waals surface area contributed by atoms with Gasteiger partial charge in [-0.25, -0.2) is 4.79 Å². The van der Waals surface area contributed by atoms with Crippen LogP contribution in [0.2, 0.25) is 0 Å². The van der Waals surface area contributed by atoms with Gasteiger partial charge in [-0.15, -0.1) is 0 Å². The van der Waals surface area contributed by atoms with Gasteiger partial charge in [-0.1, -0.05) is 22.9 Å². The second-order valence-corrected chi connectivity index (χ2v) is 3.26. The second kappa shape index (κ2) is 3.54. The summed E-state index contributed by atoms with van der Waals surface area (Å²) in [6.07, 6.45) is 0.684. The number of rotatable bonds is 1. The van der Waals surface area contributed by atoms with Crippen LogP contribution in [0, 0.1) is 0 Å². The lowest BCUT2D eigenvalue weighted by molar-refractivity contribution is -0.133. The van der Waals surface area contributed by atoms with Gasteiger partial charge in [0.25, 0.3) is 0 Å². The first-order chi connectivity index (χ1) is 5.20. The highest BCUT2D eigenvalue weighted by atomic mass is 79.9. The van der Waals surface area contributed by atoms with Crippen LogP contribution in [0.15, 0.2) is 20.8 Å². The molecule has 0 aromatic carbocycles. The Hall–Kier alpha value is -0.0900. The molecule has 0 spiro atoms. The van der Waals surface area contributed by atoms with Crippen LogP contribution in [0.4, 0.5) is 0 Å². The zero-order chi connectivity index (χ0) is 8.43. The fraction of sp³-hybridized carbons (Fsp3) is 0.286. The van der Waals surface area contributed by atoms with Crippen LogP contribution in [-0.4, -0.2) is 5.97 Å². The summed E-state index contributed by atoms with van der Waals surface area (Å²) >= 11 is 6.36. The first-order valence-corrected chi connectivity index (χ1v) is 4.83. The van der Waals surface area contributed by atoms with Crippen molar-refractivity contribution in [1.82, 2.24) is 0 Å². The number of esters is 1. The zero-order valence-electron chi connectivity index (χ0n) is 5.86. The Labute approximate surface area is 81.6 Å². The number of allylic oxidation sites excluding steroid dienone is 1. The molecule has 0 radical (unpaired) electrons. The molecule has 0 bridgehead atoms. The predicted molar refractivity (Wildman–Crippen MR) is 49.3 cm³/mol. The van der Waals surface area contributed by atoms with Gasteiger partial charge in [-0.3, -0.25) is 0 Å². The molecular formula is C7H6Br2O2. The molecule has 0 fully saturated rings. The van der Waals surface area contributed by atoms with Gasteiger partial charge in [-0.2, -0.15) is 0 Å². The summed E-state index contributed by atoms with van der Waals surface area (Å²) in [5.74, 6) is 0.289. The number of ether oxygens (including phenoxy) is 1. The van der Waals surface area contributed by atoms with E-state index in [1.54, 1.807) is 4.99 Å². The standard InChI is InChI=1S/C7H6Br2O2/c1-2-4-6(9)5(3-8)11-7(4)10/h3H,2H2,1H3/b5-3+. The SMILES string of the molecule is CCC1=C(Br)/C(=C\Br)OC1=O. The van der Waals surface area contributed by atoms with E-state index in [-0.39, 0.29) is 5.97 Å². The Balaban J connectivity index is 3.04. The lowest BCUT2D eigenvalue weighted by atomic mass is 10.2. The molecule has 0 aromatic heterocycles. The lowest BCUT2D eigenvalue weighted by Gasteiger charge is -1.92. The van der Waals surface area contributed by atoms with Crippen molar-refractivity contribution in [3.63, 3.8) is 0 Å². The average Bonchev–Trinajstić information content (AvgIpc) is 2.26. The first-order valence-electron chi connectivity index (χ1n) is 3.12. The van der Waals surface area contributed by atoms with E-state index in [0.717, 1.165) is 4.48 Å². The highest BCUT2D eigenvalue weighted by Gasteiger charge is 2.26. The molecular weight excluding hydrogens is 276 g/mol. The van der Waals surface area contributed by atoms with E-state index in [2.05, 4.69) is 31.9 Å². The maximum Gasteiger partial charge on any atom is 0.340 e. The van der Waals surface area contributed by atoms with Crippen LogP contribution in [0.5, 0.6) is 0 Å². The molecule has 0 saturated carbocycles. The van der Waals surface area contributed by atoms with Crippen LogP contribution in [-0.2, 0) is 9.53 Å². The van der Waals surface area contributed by atoms with E-state index in [4.69, 9.17) is 4.74 Å². The van der Waals surface area contributed by atoms with E-state index < -0.39 is 0 Å². The molecule has 1 rings (SSSR count). The molecule has 0 aromatic rings. The van der Waals surface area contributed by atoms with Crippen LogP contribution in [0.25, 0.3) is 0 Å². The van der Waals surface area contributed by atoms with Gasteiger partial charge in [0.1, 0.15) is 0 Å². The summed E-state index contributed by atoms with van der Waals surface area (Å²) in [7, 11) is 0. The lowest BCUT2D eigenvalue weighted by Crippen LogP contribution is -1.96. The number of hydrogen-bond donors (Lipinski definition) is 0. The third kappa shape index (κ3) is 1.56. The topological polar surface area (TPSA) is 26.3 Å². The van der Waals surface area contributed by atoms with Gasteiger partial charge < -0.3 is 4.74 Å². The van der Waals surface area contributed by atoms with Crippen molar-refractivity contribution in [3.8, 4) is 0 Å². The van der Waals surface area contributed by atoms with Crippen LogP contribution in [0.3, 0.4) is 0 Å². The van der Waals surface area contributed by atoms with Crippen molar-refractivity contribution in [3.05, 3.63) is 20.8 Å². The monoisotopic (exact) mass is 280 g/mol. The van der Waals surface area contributed by atoms with Crippen molar-refractivity contribution < 1.29 is 9.53 Å². The van der Waals surface area contributed by atoms with Gasteiger partial charge in [0.05, 0.1) is 10.1 Å². The van der Waals surface area contributed by atoms with Gasteiger partial charge in [-0.05, 0) is 22.4 Å². The Morgan fingerprint density at radius 2 is 2.27 bits per heavy atom. The van der Waals surface area contributed by atoms with E-state index in [1.807, 2.05) is 6.92 Å². The largest absolute Gasteiger partial charge is 0.421 e. The van der Waals surface area contributed by atoms with Crippen molar-refractivity contribution in [2.75, 3.05) is 0 Å². The highest BCUT2D eigenvalue weighted by Crippen LogP contribution is 2.32. The summed E-state index contributed by atoms with van der Waals surface area (Å²) in [6.45, 7) is 1.91. The minimum absolute atomic E-state index is 0.259. The average molecular weight is 282 g/mol. The number of halogens is 2. The Morgan fingerprint density at radius 1 is 1.64 bits per heavy atom. The fourth-order valence-corrected chi connectivity index (χ4v) is 2.08. The smallest absolute Gasteiger partial charge is 0.340 e. The molecule has 2 nitrogen and oxygen atoms in total. The molecule has 0 atom stereocenters. The van der Waals surface area contributed by atoms with Crippen LogP contribution >= 0.6 is 31.9 Å². The normalized spacial score (nSPS) is 21.4. The summed E-state index contributed by atoms with van der Waals surface area (Å²) in [5, 5.41) is 0. The number of carbonyl (C=O) groups excluding carboxylic acids is 1. The quantitative estimate of drug-likeness (QED) is 0.691. The van der Waals surface area contributed by atoms with Crippen molar-refractivity contribution >= 4 is 37.8 Å². The highest BCUT2D eigenvalue weighted by molar-refractivity contribution is 9.12. The van der Waals surface area contributed by atoms with E-state index in [1.165, 1.54) is 0 Å². The molecule has 11 heavy (non-hydrogen) atoms. The molecule has 1 heterocycles. The summed E-state index contributed by atoms with van der Waals surface area (Å²) in [5.41, 5.74) is 0.690. The second-order valence-electron chi connectivity index (χ2n) is 2.01. The van der Waals surface area contributed by atoms with Crippen molar-refractivity contribution in [2.45, 2.75) is 13.3 Å². The maximum absolute atomic E-state index is 11.0. The number of carbonyl (C=O) groups is 1. The summed E-state index contributed by atoms with van der Waals surface area (Å²) in [4.78, 5) is 12.6. The van der Waals surface area contributed by atoms with E-state index >= 15 is 0 Å². The van der Waals surface area contributed by atoms with E-state index in [0.29, 0.717) is 17.8 Å². The van der Waals surface area contributed by atoms with Gasteiger partial charge in [0, 0.05) is 4.99 Å². The van der Waals surface area contributed by atoms with Crippen LogP contribution < -0.4 is 0 Å². The number of cyclic esters (lactones) is 1. The number of hydrogen-bond acceptors (Lipinski definition) is 2. The zero-order valence-corrected chi connectivity index (χ0v) is 9.03. The van der Waals surface area contributed by atoms with Gasteiger partial charge in [0.15, 0.2) is 5.76 Å². The van der Waals surface area contributed by atoms with Gasteiger partial charge >= 0.3 is 5.97 Å². The molecule has 1 aliphatic heterocycles. The Bertz CT molecular complexity index is 253. The van der Waals surface area contributed by atoms with Gasteiger partial charge in [0.2, 0.25) is 0 Å². The molecule has 1 aliphatic rings. The molecule has 0 unspecified atom stereocenters. The Kier molecular flexibility index (Phi) is 2.90. The third-order valence-electron chi connectivity index (χ3n) is 1.38. The molecule has 0 saturated heterocycles. The maximum atomic E-state index is 11.0. The van der Waals surface area contributed by atoms with E-state index in [9.17, 15) is 4.79 Å². The molecule has 60 valence electrons. The predicted octanol–water partition coefficient (Wildman–Crippen LogP) is 2.84. The minimum atomic E-state index is -0.259. The van der Waals surface area contributed by atoms with Crippen LogP contribution in [0.1, 0.15) is 13.3 Å².